The number of aromatic amines is 1. The Kier molecular flexibility index (Phi) is 2.66. The molecule has 2 heterocycles. The Labute approximate surface area is 117 Å². The minimum atomic E-state index is 0.817. The van der Waals surface area contributed by atoms with Gasteiger partial charge in [-0.05, 0) is 42.5 Å². The number of benzene rings is 1. The van der Waals surface area contributed by atoms with E-state index in [1.165, 1.54) is 47.1 Å². The van der Waals surface area contributed by atoms with Crippen molar-refractivity contribution in [1.82, 2.24) is 4.98 Å². The maximum atomic E-state index is 6.13. The van der Waals surface area contributed by atoms with E-state index in [1.807, 2.05) is 6.07 Å². The highest BCUT2D eigenvalue weighted by atomic mass is 35.5. The van der Waals surface area contributed by atoms with Crippen molar-refractivity contribution in [1.29, 1.82) is 0 Å². The molecule has 0 saturated heterocycles. The summed E-state index contributed by atoms with van der Waals surface area (Å²) in [4.78, 5) is 8.32. The monoisotopic (exact) mass is 272 g/mol. The molecule has 0 atom stereocenters. The first-order valence-electron chi connectivity index (χ1n) is 7.15. The maximum absolute atomic E-state index is 6.13. The number of nitrogens with zero attached hydrogens (tertiary/aromatic N) is 1. The molecule has 19 heavy (non-hydrogen) atoms. The van der Waals surface area contributed by atoms with Crippen LogP contribution in [0.2, 0.25) is 5.02 Å². The highest BCUT2D eigenvalue weighted by Gasteiger charge is 2.25. The first-order chi connectivity index (χ1) is 9.31. The molecule has 1 aliphatic heterocycles. The number of halogens is 1. The van der Waals surface area contributed by atoms with Crippen LogP contribution >= 0.6 is 11.6 Å². The van der Waals surface area contributed by atoms with Gasteiger partial charge in [-0.1, -0.05) is 30.9 Å². The molecule has 1 aromatic carbocycles. The molecular formula is C16H17ClN2. The number of rotatable bonds is 2. The molecule has 0 radical (unpaired) electrons. The van der Waals surface area contributed by atoms with E-state index in [1.54, 1.807) is 0 Å². The Hall–Kier alpha value is -1.28. The third-order valence-electron chi connectivity index (χ3n) is 4.53. The van der Waals surface area contributed by atoms with Crippen molar-refractivity contribution in [2.24, 2.45) is 10.9 Å². The van der Waals surface area contributed by atoms with E-state index in [0.29, 0.717) is 0 Å². The molecule has 3 heteroatoms. The van der Waals surface area contributed by atoms with Crippen LogP contribution in [0.15, 0.2) is 23.2 Å². The number of nitrogens with one attached hydrogen (secondary N) is 1. The summed E-state index contributed by atoms with van der Waals surface area (Å²) in [5.41, 5.74) is 5.17. The fraction of sp³-hybridized carbons (Fsp3) is 0.438. The predicted octanol–water partition coefficient (Wildman–Crippen LogP) is 4.36. The summed E-state index contributed by atoms with van der Waals surface area (Å²) in [5, 5.41) is 2.10. The summed E-state index contributed by atoms with van der Waals surface area (Å²) in [7, 11) is 0. The van der Waals surface area contributed by atoms with Crippen LogP contribution in [0.5, 0.6) is 0 Å². The average molecular weight is 273 g/mol. The molecule has 2 aromatic rings. The highest BCUT2D eigenvalue weighted by molar-refractivity contribution is 6.31. The zero-order chi connectivity index (χ0) is 12.8. The number of hydrogen-bond donors (Lipinski definition) is 1. The third kappa shape index (κ3) is 1.90. The molecule has 0 unspecified atom stereocenters. The zero-order valence-electron chi connectivity index (χ0n) is 10.9. The predicted molar refractivity (Wildman–Crippen MR) is 80.4 cm³/mol. The summed E-state index contributed by atoms with van der Waals surface area (Å²) >= 11 is 6.13. The molecule has 98 valence electrons. The van der Waals surface area contributed by atoms with Gasteiger partial charge in [0.2, 0.25) is 0 Å². The van der Waals surface area contributed by atoms with Gasteiger partial charge < -0.3 is 4.98 Å². The summed E-state index contributed by atoms with van der Waals surface area (Å²) in [6, 6.07) is 6.12. The third-order valence-corrected chi connectivity index (χ3v) is 4.76. The van der Waals surface area contributed by atoms with Crippen molar-refractivity contribution in [3.8, 4) is 0 Å². The van der Waals surface area contributed by atoms with Crippen molar-refractivity contribution in [3.05, 3.63) is 34.5 Å². The summed E-state index contributed by atoms with van der Waals surface area (Å²) < 4.78 is 0. The van der Waals surface area contributed by atoms with Crippen LogP contribution in [0.1, 0.15) is 36.9 Å². The van der Waals surface area contributed by atoms with Gasteiger partial charge in [0.05, 0.1) is 11.4 Å². The topological polar surface area (TPSA) is 28.1 Å². The second-order valence-electron chi connectivity index (χ2n) is 5.75. The van der Waals surface area contributed by atoms with Crippen LogP contribution in [0.25, 0.3) is 10.9 Å². The van der Waals surface area contributed by atoms with Gasteiger partial charge in [0.15, 0.2) is 0 Å². The van der Waals surface area contributed by atoms with Crippen molar-refractivity contribution in [2.45, 2.75) is 32.1 Å². The van der Waals surface area contributed by atoms with Crippen molar-refractivity contribution < 1.29 is 0 Å². The van der Waals surface area contributed by atoms with Crippen LogP contribution in [-0.4, -0.2) is 17.2 Å². The van der Waals surface area contributed by atoms with Gasteiger partial charge in [0, 0.05) is 22.5 Å². The first-order valence-corrected chi connectivity index (χ1v) is 7.53. The lowest BCUT2D eigenvalue weighted by Crippen LogP contribution is -2.20. The normalized spacial score (nSPS) is 19.1. The molecule has 0 spiro atoms. The molecule has 2 aliphatic rings. The Balaban J connectivity index is 1.78. The van der Waals surface area contributed by atoms with E-state index in [0.717, 1.165) is 30.3 Å². The lowest BCUT2D eigenvalue weighted by molar-refractivity contribution is 0.326. The first kappa shape index (κ1) is 11.5. The fourth-order valence-electron chi connectivity index (χ4n) is 3.24. The summed E-state index contributed by atoms with van der Waals surface area (Å²) in [6.45, 7) is 0.925. The average Bonchev–Trinajstić information content (AvgIpc) is 2.73. The zero-order valence-corrected chi connectivity index (χ0v) is 11.6. The highest BCUT2D eigenvalue weighted by Crippen LogP contribution is 2.34. The Morgan fingerprint density at radius 3 is 3.00 bits per heavy atom. The van der Waals surface area contributed by atoms with Crippen LogP contribution in [0, 0.1) is 5.92 Å². The van der Waals surface area contributed by atoms with Gasteiger partial charge in [-0.25, -0.2) is 0 Å². The van der Waals surface area contributed by atoms with Gasteiger partial charge in [0.1, 0.15) is 0 Å². The van der Waals surface area contributed by atoms with E-state index in [2.05, 4.69) is 17.1 Å². The molecule has 1 aromatic heterocycles. The lowest BCUT2D eigenvalue weighted by Gasteiger charge is -2.26. The molecule has 1 N–H and O–H groups in total. The largest absolute Gasteiger partial charge is 0.353 e. The quantitative estimate of drug-likeness (QED) is 0.842. The van der Waals surface area contributed by atoms with Gasteiger partial charge in [-0.2, -0.15) is 0 Å². The second kappa shape index (κ2) is 4.38. The standard InChI is InChI=1S/C16H17ClN2/c17-11-4-5-14-13(9-11)12-6-7-18-15(16(12)19-14)8-10-2-1-3-10/h4-5,9-10,19H,1-3,6-8H2. The van der Waals surface area contributed by atoms with Crippen LogP contribution in [0.3, 0.4) is 0 Å². The minimum Gasteiger partial charge on any atom is -0.353 e. The summed E-state index contributed by atoms with van der Waals surface area (Å²) in [5.74, 6) is 0.861. The van der Waals surface area contributed by atoms with Gasteiger partial charge in [-0.15, -0.1) is 0 Å². The van der Waals surface area contributed by atoms with E-state index in [4.69, 9.17) is 16.6 Å². The second-order valence-corrected chi connectivity index (χ2v) is 6.18. The smallest absolute Gasteiger partial charge is 0.0638 e. The van der Waals surface area contributed by atoms with E-state index in [9.17, 15) is 0 Å². The van der Waals surface area contributed by atoms with Crippen LogP contribution in [-0.2, 0) is 6.42 Å². The Morgan fingerprint density at radius 1 is 1.32 bits per heavy atom. The van der Waals surface area contributed by atoms with E-state index >= 15 is 0 Å². The lowest BCUT2D eigenvalue weighted by atomic mass is 9.80. The number of fused-ring (bicyclic) bond motifs is 3. The summed E-state index contributed by atoms with van der Waals surface area (Å²) in [6.07, 6.45) is 6.32. The molecule has 0 bridgehead atoms. The number of hydrogen-bond acceptors (Lipinski definition) is 1. The van der Waals surface area contributed by atoms with Gasteiger partial charge in [-0.3, -0.25) is 4.99 Å². The van der Waals surface area contributed by atoms with Gasteiger partial charge in [0.25, 0.3) is 0 Å². The molecule has 1 fully saturated rings. The Bertz CT molecular complexity index is 665. The molecule has 2 nitrogen and oxygen atoms in total. The maximum Gasteiger partial charge on any atom is 0.0638 e. The van der Waals surface area contributed by atoms with Crippen LogP contribution < -0.4 is 0 Å². The van der Waals surface area contributed by atoms with Crippen LogP contribution in [0.4, 0.5) is 0 Å². The number of H-pyrrole nitrogens is 1. The molecule has 4 rings (SSSR count). The minimum absolute atomic E-state index is 0.817. The Morgan fingerprint density at radius 2 is 2.21 bits per heavy atom. The molecule has 1 saturated carbocycles. The molecule has 1 aliphatic carbocycles. The molecule has 0 amide bonds. The SMILES string of the molecule is Clc1ccc2[nH]c3c(c2c1)CCN=C3CC1CCC1. The van der Waals surface area contributed by atoms with E-state index < -0.39 is 0 Å². The van der Waals surface area contributed by atoms with Crippen molar-refractivity contribution in [2.75, 3.05) is 6.54 Å². The number of aromatic nitrogens is 1. The fourth-order valence-corrected chi connectivity index (χ4v) is 3.42. The molecular weight excluding hydrogens is 256 g/mol. The van der Waals surface area contributed by atoms with E-state index in [-0.39, 0.29) is 0 Å². The van der Waals surface area contributed by atoms with Crippen molar-refractivity contribution in [3.63, 3.8) is 0 Å². The van der Waals surface area contributed by atoms with Crippen molar-refractivity contribution >= 4 is 28.2 Å². The number of aliphatic imine (C=N–C) groups is 1. The van der Waals surface area contributed by atoms with Gasteiger partial charge >= 0.3 is 0 Å².